The predicted octanol–water partition coefficient (Wildman–Crippen LogP) is 1.70. The Morgan fingerprint density at radius 1 is 1.39 bits per heavy atom. The third-order valence-electron chi connectivity index (χ3n) is 2.83. The van der Waals surface area contributed by atoms with Gasteiger partial charge in [0.1, 0.15) is 5.01 Å². The van der Waals surface area contributed by atoms with Gasteiger partial charge in [-0.25, -0.2) is 4.79 Å². The van der Waals surface area contributed by atoms with Crippen LogP contribution in [-0.2, 0) is 14.3 Å². The summed E-state index contributed by atoms with van der Waals surface area (Å²) in [6.45, 7) is 1.82. The highest BCUT2D eigenvalue weighted by Crippen LogP contribution is 2.36. The van der Waals surface area contributed by atoms with Gasteiger partial charge in [-0.3, -0.25) is 10.1 Å². The van der Waals surface area contributed by atoms with E-state index in [1.807, 2.05) is 0 Å². The molecular formula is C11H15N3O3S. The SMILES string of the molecule is CCOC(=O)C(=O)Nc1nnc(C2CCCC2)s1. The second kappa shape index (κ2) is 5.90. The van der Waals surface area contributed by atoms with Crippen LogP contribution in [0.3, 0.4) is 0 Å². The van der Waals surface area contributed by atoms with Crippen LogP contribution in [0.4, 0.5) is 5.13 Å². The van der Waals surface area contributed by atoms with Gasteiger partial charge in [-0.15, -0.1) is 10.2 Å². The van der Waals surface area contributed by atoms with Crippen LogP contribution in [0.1, 0.15) is 43.5 Å². The zero-order chi connectivity index (χ0) is 13.0. The zero-order valence-corrected chi connectivity index (χ0v) is 11.0. The predicted molar refractivity (Wildman–Crippen MR) is 66.4 cm³/mol. The van der Waals surface area contributed by atoms with E-state index in [1.165, 1.54) is 24.2 Å². The van der Waals surface area contributed by atoms with Crippen LogP contribution in [0.2, 0.25) is 0 Å². The van der Waals surface area contributed by atoms with Crippen molar-refractivity contribution in [3.8, 4) is 0 Å². The Morgan fingerprint density at radius 2 is 2.11 bits per heavy atom. The lowest BCUT2D eigenvalue weighted by Gasteiger charge is -2.01. The number of ether oxygens (including phenoxy) is 1. The molecule has 1 heterocycles. The molecule has 1 aromatic rings. The van der Waals surface area contributed by atoms with Crippen molar-refractivity contribution in [2.24, 2.45) is 0 Å². The topological polar surface area (TPSA) is 81.2 Å². The van der Waals surface area contributed by atoms with E-state index in [1.54, 1.807) is 6.92 Å². The highest BCUT2D eigenvalue weighted by Gasteiger charge is 2.22. The highest BCUT2D eigenvalue weighted by molar-refractivity contribution is 7.15. The number of nitrogens with one attached hydrogen (secondary N) is 1. The molecule has 1 fully saturated rings. The van der Waals surface area contributed by atoms with Crippen LogP contribution in [0, 0.1) is 0 Å². The van der Waals surface area contributed by atoms with Crippen molar-refractivity contribution < 1.29 is 14.3 Å². The molecule has 18 heavy (non-hydrogen) atoms. The Labute approximate surface area is 109 Å². The maximum absolute atomic E-state index is 11.4. The summed E-state index contributed by atoms with van der Waals surface area (Å²) < 4.78 is 4.59. The minimum Gasteiger partial charge on any atom is -0.459 e. The first-order valence-electron chi connectivity index (χ1n) is 6.02. The van der Waals surface area contributed by atoms with E-state index in [0.717, 1.165) is 17.8 Å². The monoisotopic (exact) mass is 269 g/mol. The summed E-state index contributed by atoms with van der Waals surface area (Å²) in [5, 5.41) is 11.6. The van der Waals surface area contributed by atoms with Crippen LogP contribution >= 0.6 is 11.3 Å². The van der Waals surface area contributed by atoms with Crippen LogP contribution in [0.5, 0.6) is 0 Å². The standard InChI is InChI=1S/C11H15N3O3S/c1-2-17-10(16)8(15)12-11-14-13-9(18-11)7-5-3-4-6-7/h7H,2-6H2,1H3,(H,12,14,15). The van der Waals surface area contributed by atoms with E-state index in [9.17, 15) is 9.59 Å². The molecule has 0 radical (unpaired) electrons. The van der Waals surface area contributed by atoms with E-state index in [4.69, 9.17) is 0 Å². The van der Waals surface area contributed by atoms with Gasteiger partial charge in [0.15, 0.2) is 0 Å². The Bertz CT molecular complexity index is 440. The number of aromatic nitrogens is 2. The molecule has 0 bridgehead atoms. The van der Waals surface area contributed by atoms with Crippen molar-refractivity contribution >= 4 is 28.3 Å². The fourth-order valence-electron chi connectivity index (χ4n) is 1.97. The molecule has 1 aliphatic rings. The number of hydrogen-bond donors (Lipinski definition) is 1. The fourth-order valence-corrected chi connectivity index (χ4v) is 2.88. The average Bonchev–Trinajstić information content (AvgIpc) is 2.98. The molecule has 1 saturated carbocycles. The first-order valence-corrected chi connectivity index (χ1v) is 6.84. The Morgan fingerprint density at radius 3 is 2.78 bits per heavy atom. The average molecular weight is 269 g/mol. The summed E-state index contributed by atoms with van der Waals surface area (Å²) in [6, 6.07) is 0. The number of anilines is 1. The second-order valence-corrected chi connectivity index (χ2v) is 5.11. The number of carbonyl (C=O) groups is 2. The van der Waals surface area contributed by atoms with E-state index in [2.05, 4.69) is 20.3 Å². The van der Waals surface area contributed by atoms with Gasteiger partial charge in [-0.05, 0) is 19.8 Å². The van der Waals surface area contributed by atoms with Crippen molar-refractivity contribution in [1.82, 2.24) is 10.2 Å². The molecular weight excluding hydrogens is 254 g/mol. The summed E-state index contributed by atoms with van der Waals surface area (Å²) in [7, 11) is 0. The van der Waals surface area contributed by atoms with Crippen molar-refractivity contribution in [2.75, 3.05) is 11.9 Å². The van der Waals surface area contributed by atoms with E-state index < -0.39 is 11.9 Å². The van der Waals surface area contributed by atoms with Crippen molar-refractivity contribution in [3.05, 3.63) is 5.01 Å². The molecule has 1 N–H and O–H groups in total. The fraction of sp³-hybridized carbons (Fsp3) is 0.636. The van der Waals surface area contributed by atoms with Crippen molar-refractivity contribution in [1.29, 1.82) is 0 Å². The van der Waals surface area contributed by atoms with Gasteiger partial charge in [-0.1, -0.05) is 24.2 Å². The van der Waals surface area contributed by atoms with Gasteiger partial charge < -0.3 is 4.74 Å². The van der Waals surface area contributed by atoms with Crippen LogP contribution in [0.25, 0.3) is 0 Å². The van der Waals surface area contributed by atoms with Crippen LogP contribution in [0.15, 0.2) is 0 Å². The normalized spacial score (nSPS) is 15.6. The Hall–Kier alpha value is -1.50. The molecule has 0 aliphatic heterocycles. The number of nitrogens with zero attached hydrogens (tertiary/aromatic N) is 2. The van der Waals surface area contributed by atoms with E-state index in [-0.39, 0.29) is 6.61 Å². The number of esters is 1. The molecule has 6 nitrogen and oxygen atoms in total. The summed E-state index contributed by atoms with van der Waals surface area (Å²) in [4.78, 5) is 22.5. The Balaban J connectivity index is 1.93. The molecule has 1 amide bonds. The lowest BCUT2D eigenvalue weighted by molar-refractivity contribution is -0.152. The lowest BCUT2D eigenvalue weighted by Crippen LogP contribution is -2.24. The largest absolute Gasteiger partial charge is 0.459 e. The number of carbonyl (C=O) groups excluding carboxylic acids is 2. The summed E-state index contributed by atoms with van der Waals surface area (Å²) >= 11 is 1.33. The third-order valence-corrected chi connectivity index (χ3v) is 3.83. The maximum atomic E-state index is 11.4. The first-order chi connectivity index (χ1) is 8.70. The van der Waals surface area contributed by atoms with Gasteiger partial charge >= 0.3 is 11.9 Å². The van der Waals surface area contributed by atoms with Crippen LogP contribution in [-0.4, -0.2) is 28.7 Å². The van der Waals surface area contributed by atoms with E-state index in [0.29, 0.717) is 11.0 Å². The van der Waals surface area contributed by atoms with Crippen molar-refractivity contribution in [3.63, 3.8) is 0 Å². The lowest BCUT2D eigenvalue weighted by atomic mass is 10.1. The van der Waals surface area contributed by atoms with Gasteiger partial charge in [0.25, 0.3) is 0 Å². The molecule has 98 valence electrons. The minimum atomic E-state index is -0.893. The van der Waals surface area contributed by atoms with Gasteiger partial charge in [0.2, 0.25) is 5.13 Å². The molecule has 0 aromatic carbocycles. The molecule has 0 unspecified atom stereocenters. The molecule has 0 atom stereocenters. The molecule has 2 rings (SSSR count). The second-order valence-electron chi connectivity index (χ2n) is 4.10. The number of hydrogen-bond acceptors (Lipinski definition) is 6. The van der Waals surface area contributed by atoms with Crippen molar-refractivity contribution in [2.45, 2.75) is 38.5 Å². The zero-order valence-electron chi connectivity index (χ0n) is 10.1. The quantitative estimate of drug-likeness (QED) is 0.667. The minimum absolute atomic E-state index is 0.176. The molecule has 7 heteroatoms. The van der Waals surface area contributed by atoms with Gasteiger partial charge in [0.05, 0.1) is 6.61 Å². The summed E-state index contributed by atoms with van der Waals surface area (Å²) in [6.07, 6.45) is 4.68. The molecule has 0 spiro atoms. The van der Waals surface area contributed by atoms with Gasteiger partial charge in [-0.2, -0.15) is 0 Å². The highest BCUT2D eigenvalue weighted by atomic mass is 32.1. The molecule has 1 aromatic heterocycles. The van der Waals surface area contributed by atoms with Crippen LogP contribution < -0.4 is 5.32 Å². The van der Waals surface area contributed by atoms with Gasteiger partial charge in [0, 0.05) is 5.92 Å². The maximum Gasteiger partial charge on any atom is 0.397 e. The smallest absolute Gasteiger partial charge is 0.397 e. The Kier molecular flexibility index (Phi) is 4.24. The number of amides is 1. The third kappa shape index (κ3) is 3.04. The summed E-state index contributed by atoms with van der Waals surface area (Å²) in [5.74, 6) is -1.24. The van der Waals surface area contributed by atoms with E-state index >= 15 is 0 Å². The first kappa shape index (κ1) is 12.9. The number of rotatable bonds is 3. The summed E-state index contributed by atoms with van der Waals surface area (Å²) in [5.41, 5.74) is 0. The molecule has 1 aliphatic carbocycles. The molecule has 0 saturated heterocycles.